The molecule has 0 spiro atoms. The number of aliphatic carboxylic acids is 1. The number of amides is 1. The van der Waals surface area contributed by atoms with Crippen LogP contribution in [0.2, 0.25) is 0 Å². The molecule has 1 aromatic heterocycles. The van der Waals surface area contributed by atoms with E-state index in [0.29, 0.717) is 19.6 Å². The fourth-order valence-corrected chi connectivity index (χ4v) is 2.52. The summed E-state index contributed by atoms with van der Waals surface area (Å²) in [5.74, 6) is -0.842. The van der Waals surface area contributed by atoms with Gasteiger partial charge in [-0.2, -0.15) is 0 Å². The number of carbonyl (C=O) groups excluding carboxylic acids is 1. The highest BCUT2D eigenvalue weighted by Gasteiger charge is 2.09. The molecule has 110 valence electrons. The maximum absolute atomic E-state index is 11.7. The van der Waals surface area contributed by atoms with Gasteiger partial charge in [-0.1, -0.05) is 6.92 Å². The molecule has 0 aromatic carbocycles. The first-order valence-electron chi connectivity index (χ1n) is 6.26. The lowest BCUT2D eigenvalue weighted by molar-refractivity contribution is -0.131. The minimum atomic E-state index is -0.987. The lowest BCUT2D eigenvalue weighted by Gasteiger charge is -2.10. The summed E-state index contributed by atoms with van der Waals surface area (Å²) in [4.78, 5) is 23.2. The van der Waals surface area contributed by atoms with E-state index in [1.54, 1.807) is 7.11 Å². The van der Waals surface area contributed by atoms with Crippen LogP contribution in [0.5, 0.6) is 0 Å². The van der Waals surface area contributed by atoms with Gasteiger partial charge in [0.2, 0.25) is 5.91 Å². The summed E-state index contributed by atoms with van der Waals surface area (Å²) in [5, 5.41) is 13.3. The van der Waals surface area contributed by atoms with Gasteiger partial charge in [-0.25, -0.2) is 4.79 Å². The van der Waals surface area contributed by atoms with Crippen LogP contribution >= 0.6 is 11.3 Å². The number of ether oxygens (including phenoxy) is 1. The van der Waals surface area contributed by atoms with Crippen molar-refractivity contribution in [1.82, 2.24) is 5.32 Å². The Morgan fingerprint density at radius 3 is 2.95 bits per heavy atom. The Morgan fingerprint density at radius 2 is 2.30 bits per heavy atom. The molecule has 1 unspecified atom stereocenters. The van der Waals surface area contributed by atoms with Gasteiger partial charge in [-0.05, 0) is 29.0 Å². The zero-order chi connectivity index (χ0) is 15.0. The number of methoxy groups -OCH3 is 1. The minimum Gasteiger partial charge on any atom is -0.478 e. The molecular weight excluding hydrogens is 278 g/mol. The number of hydrogen-bond donors (Lipinski definition) is 2. The number of carboxylic acid groups (broad SMARTS) is 1. The highest BCUT2D eigenvalue weighted by Crippen LogP contribution is 2.18. The van der Waals surface area contributed by atoms with E-state index in [4.69, 9.17) is 9.84 Å². The van der Waals surface area contributed by atoms with Crippen LogP contribution < -0.4 is 5.32 Å². The number of carboxylic acids is 1. The van der Waals surface area contributed by atoms with Crippen molar-refractivity contribution < 1.29 is 19.4 Å². The third-order valence-electron chi connectivity index (χ3n) is 2.62. The molecule has 1 aromatic rings. The second-order valence-corrected chi connectivity index (χ2v) is 5.51. The summed E-state index contributed by atoms with van der Waals surface area (Å²) in [6.07, 6.45) is 3.04. The first kappa shape index (κ1) is 16.4. The van der Waals surface area contributed by atoms with E-state index < -0.39 is 5.97 Å². The summed E-state index contributed by atoms with van der Waals surface area (Å²) in [7, 11) is 1.61. The first-order chi connectivity index (χ1) is 9.52. The zero-order valence-corrected chi connectivity index (χ0v) is 12.4. The van der Waals surface area contributed by atoms with Crippen molar-refractivity contribution in [2.45, 2.75) is 19.9 Å². The van der Waals surface area contributed by atoms with E-state index in [2.05, 4.69) is 5.32 Å². The van der Waals surface area contributed by atoms with E-state index in [9.17, 15) is 9.59 Å². The van der Waals surface area contributed by atoms with Gasteiger partial charge in [0, 0.05) is 31.1 Å². The van der Waals surface area contributed by atoms with Gasteiger partial charge < -0.3 is 15.2 Å². The molecule has 0 aliphatic carbocycles. The summed E-state index contributed by atoms with van der Waals surface area (Å²) >= 11 is 1.49. The molecule has 1 heterocycles. The highest BCUT2D eigenvalue weighted by molar-refractivity contribution is 7.10. The predicted molar refractivity (Wildman–Crippen MR) is 78.5 cm³/mol. The van der Waals surface area contributed by atoms with Crippen LogP contribution in [-0.4, -0.2) is 30.7 Å². The van der Waals surface area contributed by atoms with Gasteiger partial charge >= 0.3 is 5.97 Å². The second-order valence-electron chi connectivity index (χ2n) is 4.51. The quantitative estimate of drug-likeness (QED) is 0.721. The summed E-state index contributed by atoms with van der Waals surface area (Å²) in [6.45, 7) is 2.92. The molecule has 1 rings (SSSR count). The van der Waals surface area contributed by atoms with Gasteiger partial charge in [0.05, 0.1) is 6.54 Å². The number of carbonyl (C=O) groups is 2. The maximum atomic E-state index is 11.7. The van der Waals surface area contributed by atoms with Gasteiger partial charge in [0.15, 0.2) is 0 Å². The molecule has 0 aliphatic rings. The van der Waals surface area contributed by atoms with E-state index in [1.807, 2.05) is 18.4 Å². The van der Waals surface area contributed by atoms with Gasteiger partial charge in [-0.3, -0.25) is 4.79 Å². The third kappa shape index (κ3) is 5.99. The van der Waals surface area contributed by atoms with E-state index in [0.717, 1.165) is 16.5 Å². The van der Waals surface area contributed by atoms with Crippen LogP contribution in [0.3, 0.4) is 0 Å². The summed E-state index contributed by atoms with van der Waals surface area (Å²) < 4.78 is 4.99. The molecule has 0 aliphatic heterocycles. The molecule has 6 heteroatoms. The van der Waals surface area contributed by atoms with Crippen LogP contribution in [-0.2, 0) is 20.9 Å². The van der Waals surface area contributed by atoms with Crippen molar-refractivity contribution >= 4 is 29.3 Å². The van der Waals surface area contributed by atoms with Gasteiger partial charge in [-0.15, -0.1) is 11.3 Å². The molecule has 0 saturated heterocycles. The van der Waals surface area contributed by atoms with Crippen LogP contribution in [0, 0.1) is 5.92 Å². The number of rotatable bonds is 8. The fourth-order valence-electron chi connectivity index (χ4n) is 1.71. The molecule has 1 amide bonds. The molecule has 0 bridgehead atoms. The molecule has 20 heavy (non-hydrogen) atoms. The van der Waals surface area contributed by atoms with E-state index in [1.165, 1.54) is 17.4 Å². The Labute approximate surface area is 122 Å². The van der Waals surface area contributed by atoms with Crippen LogP contribution in [0.25, 0.3) is 6.08 Å². The molecule has 5 nitrogen and oxygen atoms in total. The smallest absolute Gasteiger partial charge is 0.328 e. The Bertz CT molecular complexity index is 481. The van der Waals surface area contributed by atoms with E-state index >= 15 is 0 Å². The molecule has 0 fully saturated rings. The standard InChI is InChI=1S/C14H19NO4S/c1-10(9-19-2)7-13(16)15-8-12-11(5-6-20-12)3-4-14(17)18/h3-6,10H,7-9H2,1-2H3,(H,15,16)(H,17,18)/b4-3+. The lowest BCUT2D eigenvalue weighted by atomic mass is 10.1. The monoisotopic (exact) mass is 297 g/mol. The first-order valence-corrected chi connectivity index (χ1v) is 7.14. The van der Waals surface area contributed by atoms with Crippen LogP contribution in [0.1, 0.15) is 23.8 Å². The van der Waals surface area contributed by atoms with Crippen molar-refractivity contribution in [2.75, 3.05) is 13.7 Å². The molecule has 1 atom stereocenters. The average molecular weight is 297 g/mol. The third-order valence-corrected chi connectivity index (χ3v) is 3.55. The SMILES string of the molecule is COCC(C)CC(=O)NCc1sccc1/C=C/C(=O)O. The van der Waals surface area contributed by atoms with Crippen molar-refractivity contribution in [3.8, 4) is 0 Å². The van der Waals surface area contributed by atoms with Crippen LogP contribution in [0.4, 0.5) is 0 Å². The van der Waals surface area contributed by atoms with Crippen molar-refractivity contribution in [1.29, 1.82) is 0 Å². The number of hydrogen-bond acceptors (Lipinski definition) is 4. The molecule has 2 N–H and O–H groups in total. The Kier molecular flexibility index (Phi) is 6.97. The minimum absolute atomic E-state index is 0.0314. The molecular formula is C14H19NO4S. The van der Waals surface area contributed by atoms with Crippen molar-refractivity contribution in [3.05, 3.63) is 28.0 Å². The highest BCUT2D eigenvalue weighted by atomic mass is 32.1. The van der Waals surface area contributed by atoms with Gasteiger partial charge in [0.25, 0.3) is 0 Å². The number of thiophene rings is 1. The van der Waals surface area contributed by atoms with Gasteiger partial charge in [0.1, 0.15) is 0 Å². The predicted octanol–water partition coefficient (Wildman–Crippen LogP) is 2.13. The average Bonchev–Trinajstić information content (AvgIpc) is 2.81. The summed E-state index contributed by atoms with van der Waals surface area (Å²) in [5.41, 5.74) is 0.822. The second kappa shape index (κ2) is 8.50. The largest absolute Gasteiger partial charge is 0.478 e. The lowest BCUT2D eigenvalue weighted by Crippen LogP contribution is -2.25. The maximum Gasteiger partial charge on any atom is 0.328 e. The Balaban J connectivity index is 2.48. The fraction of sp³-hybridized carbons (Fsp3) is 0.429. The van der Waals surface area contributed by atoms with Crippen LogP contribution in [0.15, 0.2) is 17.5 Å². The number of nitrogens with one attached hydrogen (secondary N) is 1. The summed E-state index contributed by atoms with van der Waals surface area (Å²) in [6, 6.07) is 1.83. The van der Waals surface area contributed by atoms with Crippen molar-refractivity contribution in [2.24, 2.45) is 5.92 Å². The Hall–Kier alpha value is -1.66. The molecule has 0 saturated carbocycles. The topological polar surface area (TPSA) is 75.6 Å². The normalized spacial score (nSPS) is 12.5. The van der Waals surface area contributed by atoms with Crippen molar-refractivity contribution in [3.63, 3.8) is 0 Å². The molecule has 0 radical (unpaired) electrons. The zero-order valence-electron chi connectivity index (χ0n) is 11.6. The Morgan fingerprint density at radius 1 is 1.55 bits per heavy atom. The van der Waals surface area contributed by atoms with E-state index in [-0.39, 0.29) is 11.8 Å².